The summed E-state index contributed by atoms with van der Waals surface area (Å²) in [6.07, 6.45) is -0.946. The first-order valence-corrected chi connectivity index (χ1v) is 9.62. The number of hydrogen-bond donors (Lipinski definition) is 0. The predicted molar refractivity (Wildman–Crippen MR) is 98.3 cm³/mol. The van der Waals surface area contributed by atoms with Crippen LogP contribution in [0.4, 0.5) is 13.2 Å². The zero-order valence-electron chi connectivity index (χ0n) is 14.4. The van der Waals surface area contributed by atoms with Gasteiger partial charge in [0.15, 0.2) is 0 Å². The van der Waals surface area contributed by atoms with Gasteiger partial charge in [0.1, 0.15) is 11.3 Å². The van der Waals surface area contributed by atoms with Crippen molar-refractivity contribution in [2.24, 2.45) is 5.92 Å². The molecule has 0 radical (unpaired) electrons. The molecule has 0 saturated heterocycles. The maximum Gasteiger partial charge on any atom is 0.420 e. The molecule has 0 heterocycles. The largest absolute Gasteiger partial charge is 0.490 e. The molecular weight excluding hydrogens is 393 g/mol. The molecular formula is C20H22BrF3O. The normalized spacial score (nSPS) is 22.8. The average molecular weight is 415 g/mol. The van der Waals surface area contributed by atoms with Gasteiger partial charge in [0, 0.05) is 4.83 Å². The SMILES string of the molecule is CC1CCC(Oc2ccc3ccc(C(C)Br)cc3c2C(F)(F)F)CC1. The molecule has 1 nitrogen and oxygen atoms in total. The Balaban J connectivity index is 2.05. The molecule has 3 rings (SSSR count). The van der Waals surface area contributed by atoms with Crippen molar-refractivity contribution < 1.29 is 17.9 Å². The van der Waals surface area contributed by atoms with E-state index in [0.717, 1.165) is 31.2 Å². The topological polar surface area (TPSA) is 9.23 Å². The smallest absolute Gasteiger partial charge is 0.420 e. The van der Waals surface area contributed by atoms with Gasteiger partial charge in [-0.3, -0.25) is 0 Å². The number of hydrogen-bond acceptors (Lipinski definition) is 1. The molecule has 1 aliphatic rings. The third kappa shape index (κ3) is 4.13. The van der Waals surface area contributed by atoms with Crippen molar-refractivity contribution in [2.75, 3.05) is 0 Å². The van der Waals surface area contributed by atoms with Gasteiger partial charge in [-0.05, 0) is 67.0 Å². The van der Waals surface area contributed by atoms with E-state index in [0.29, 0.717) is 11.3 Å². The van der Waals surface area contributed by atoms with Crippen molar-refractivity contribution in [1.29, 1.82) is 0 Å². The predicted octanol–water partition coefficient (Wildman–Crippen LogP) is 7.27. The Morgan fingerprint density at radius 3 is 2.32 bits per heavy atom. The summed E-state index contributed by atoms with van der Waals surface area (Å²) in [7, 11) is 0. The molecule has 2 aromatic rings. The third-order valence-electron chi connectivity index (χ3n) is 5.01. The molecule has 1 fully saturated rings. The number of rotatable bonds is 3. The number of fused-ring (bicyclic) bond motifs is 1. The number of benzene rings is 2. The Bertz CT molecular complexity index is 746. The molecule has 0 amide bonds. The van der Waals surface area contributed by atoms with Crippen LogP contribution in [0.3, 0.4) is 0 Å². The summed E-state index contributed by atoms with van der Waals surface area (Å²) in [5.41, 5.74) is 0.167. The lowest BCUT2D eigenvalue weighted by Gasteiger charge is -2.28. The minimum atomic E-state index is -4.45. The molecule has 1 unspecified atom stereocenters. The van der Waals surface area contributed by atoms with Crippen molar-refractivity contribution in [3.8, 4) is 5.75 Å². The second kappa shape index (κ2) is 7.18. The van der Waals surface area contributed by atoms with E-state index >= 15 is 0 Å². The summed E-state index contributed by atoms with van der Waals surface area (Å²) in [6.45, 7) is 4.08. The van der Waals surface area contributed by atoms with Crippen LogP contribution < -0.4 is 4.74 Å². The molecule has 0 N–H and O–H groups in total. The molecule has 0 bridgehead atoms. The molecule has 0 spiro atoms. The van der Waals surface area contributed by atoms with Crippen molar-refractivity contribution in [1.82, 2.24) is 0 Å². The van der Waals surface area contributed by atoms with Crippen LogP contribution in [0.1, 0.15) is 55.5 Å². The minimum Gasteiger partial charge on any atom is -0.490 e. The van der Waals surface area contributed by atoms with E-state index in [4.69, 9.17) is 4.74 Å². The standard InChI is InChI=1S/C20H22BrF3O/c1-12-3-8-16(9-4-12)25-18-10-7-14-5-6-15(13(2)21)11-17(14)19(18)20(22,23)24/h5-7,10-13,16H,3-4,8-9H2,1-2H3. The van der Waals surface area contributed by atoms with E-state index in [1.54, 1.807) is 18.2 Å². The number of alkyl halides is 4. The van der Waals surface area contributed by atoms with Gasteiger partial charge in [-0.1, -0.05) is 41.1 Å². The van der Waals surface area contributed by atoms with Gasteiger partial charge in [0.25, 0.3) is 0 Å². The molecule has 0 aliphatic heterocycles. The molecule has 0 aromatic heterocycles. The van der Waals surface area contributed by atoms with Crippen molar-refractivity contribution in [3.63, 3.8) is 0 Å². The molecule has 5 heteroatoms. The zero-order chi connectivity index (χ0) is 18.2. The van der Waals surface area contributed by atoms with E-state index in [-0.39, 0.29) is 22.1 Å². The Morgan fingerprint density at radius 2 is 1.72 bits per heavy atom. The average Bonchev–Trinajstić information content (AvgIpc) is 2.55. The van der Waals surface area contributed by atoms with Crippen molar-refractivity contribution >= 4 is 26.7 Å². The molecule has 136 valence electrons. The van der Waals surface area contributed by atoms with Crippen LogP contribution in [0.5, 0.6) is 5.75 Å². The molecule has 2 aromatic carbocycles. The lowest BCUT2D eigenvalue weighted by molar-refractivity contribution is -0.138. The third-order valence-corrected chi connectivity index (χ3v) is 5.54. The zero-order valence-corrected chi connectivity index (χ0v) is 16.0. The van der Waals surface area contributed by atoms with E-state index in [2.05, 4.69) is 22.9 Å². The lowest BCUT2D eigenvalue weighted by atomic mass is 9.89. The molecule has 1 aliphatic carbocycles. The molecule has 25 heavy (non-hydrogen) atoms. The Hall–Kier alpha value is -1.23. The highest BCUT2D eigenvalue weighted by Crippen LogP contribution is 2.43. The summed E-state index contributed by atoms with van der Waals surface area (Å²) in [4.78, 5) is -0.0117. The fourth-order valence-corrected chi connectivity index (χ4v) is 3.77. The fraction of sp³-hybridized carbons (Fsp3) is 0.500. The quantitative estimate of drug-likeness (QED) is 0.479. The monoisotopic (exact) mass is 414 g/mol. The van der Waals surface area contributed by atoms with Crippen LogP contribution >= 0.6 is 15.9 Å². The van der Waals surface area contributed by atoms with Gasteiger partial charge < -0.3 is 4.74 Å². The van der Waals surface area contributed by atoms with Gasteiger partial charge in [-0.2, -0.15) is 13.2 Å². The van der Waals surface area contributed by atoms with E-state index in [1.807, 2.05) is 13.0 Å². The fourth-order valence-electron chi connectivity index (χ4n) is 3.48. The lowest BCUT2D eigenvalue weighted by Crippen LogP contribution is -2.24. The van der Waals surface area contributed by atoms with Gasteiger partial charge in [-0.25, -0.2) is 0 Å². The van der Waals surface area contributed by atoms with E-state index < -0.39 is 11.7 Å². The van der Waals surface area contributed by atoms with E-state index in [9.17, 15) is 13.2 Å². The Labute approximate surface area is 154 Å². The highest BCUT2D eigenvalue weighted by atomic mass is 79.9. The summed E-state index contributed by atoms with van der Waals surface area (Å²) < 4.78 is 47.3. The van der Waals surface area contributed by atoms with Crippen LogP contribution in [-0.2, 0) is 6.18 Å². The summed E-state index contributed by atoms with van der Waals surface area (Å²) in [5.74, 6) is 0.584. The van der Waals surface area contributed by atoms with Gasteiger partial charge in [0.2, 0.25) is 0 Å². The second-order valence-electron chi connectivity index (χ2n) is 7.03. The maximum absolute atomic E-state index is 13.8. The highest BCUT2D eigenvalue weighted by Gasteiger charge is 2.37. The van der Waals surface area contributed by atoms with Crippen molar-refractivity contribution in [2.45, 2.75) is 56.6 Å². The van der Waals surface area contributed by atoms with Crippen molar-refractivity contribution in [3.05, 3.63) is 41.5 Å². The van der Waals surface area contributed by atoms with Gasteiger partial charge >= 0.3 is 6.18 Å². The Kier molecular flexibility index (Phi) is 5.33. The van der Waals surface area contributed by atoms with Gasteiger partial charge in [0.05, 0.1) is 6.10 Å². The Morgan fingerprint density at radius 1 is 1.08 bits per heavy atom. The number of ether oxygens (including phenoxy) is 1. The summed E-state index contributed by atoms with van der Waals surface area (Å²) >= 11 is 3.43. The van der Waals surface area contributed by atoms with Crippen LogP contribution in [0.15, 0.2) is 30.3 Å². The maximum atomic E-state index is 13.8. The molecule has 1 saturated carbocycles. The van der Waals surface area contributed by atoms with Crippen LogP contribution in [0.2, 0.25) is 0 Å². The number of halogens is 4. The first-order chi connectivity index (χ1) is 11.8. The van der Waals surface area contributed by atoms with Crippen LogP contribution in [-0.4, -0.2) is 6.10 Å². The minimum absolute atomic E-state index is 0.0117. The first-order valence-electron chi connectivity index (χ1n) is 8.70. The summed E-state index contributed by atoms with van der Waals surface area (Å²) in [5, 5.41) is 0.784. The molecule has 1 atom stereocenters. The van der Waals surface area contributed by atoms with Crippen LogP contribution in [0, 0.1) is 5.92 Å². The van der Waals surface area contributed by atoms with Gasteiger partial charge in [-0.15, -0.1) is 0 Å². The van der Waals surface area contributed by atoms with Crippen LogP contribution in [0.25, 0.3) is 10.8 Å². The summed E-state index contributed by atoms with van der Waals surface area (Å²) in [6, 6.07) is 8.40. The first kappa shape index (κ1) is 18.6. The second-order valence-corrected chi connectivity index (χ2v) is 8.41. The highest BCUT2D eigenvalue weighted by molar-refractivity contribution is 9.09. The van der Waals surface area contributed by atoms with E-state index in [1.165, 1.54) is 6.07 Å².